The molecule has 1 aliphatic heterocycles. The molecule has 0 aromatic heterocycles. The Balaban J connectivity index is 0.00000243. The molecule has 1 aliphatic rings. The molecule has 0 spiro atoms. The van der Waals surface area contributed by atoms with Crippen molar-refractivity contribution in [2.45, 2.75) is 17.4 Å². The second-order valence-corrected chi connectivity index (χ2v) is 8.35. The Morgan fingerprint density at radius 2 is 1.73 bits per heavy atom. The second kappa shape index (κ2) is 8.97. The number of nitrogens with zero attached hydrogens (tertiary/aromatic N) is 1. The highest BCUT2D eigenvalue weighted by Crippen LogP contribution is 2.35. The van der Waals surface area contributed by atoms with E-state index >= 15 is 0 Å². The summed E-state index contributed by atoms with van der Waals surface area (Å²) in [6.45, 7) is 1.86. The van der Waals surface area contributed by atoms with Crippen LogP contribution in [-0.2, 0) is 21.4 Å². The predicted octanol–water partition coefficient (Wildman–Crippen LogP) is 2.62. The molecule has 5 nitrogen and oxygen atoms in total. The van der Waals surface area contributed by atoms with Gasteiger partial charge in [0.2, 0.25) is 10.0 Å². The minimum atomic E-state index is -3.52. The SMILES string of the molecule is COCc1ccc(S(=O)(=O)N2C[C@@H](CN)[C@H](c3ccccc3)C2)cc1.Cl. The van der Waals surface area contributed by atoms with Crippen LogP contribution in [0, 0.1) is 5.92 Å². The summed E-state index contributed by atoms with van der Waals surface area (Å²) in [4.78, 5) is 0.317. The Hall–Kier alpha value is -1.44. The van der Waals surface area contributed by atoms with Gasteiger partial charge in [-0.3, -0.25) is 0 Å². The van der Waals surface area contributed by atoms with Crippen LogP contribution >= 0.6 is 12.4 Å². The first-order chi connectivity index (χ1) is 12.1. The van der Waals surface area contributed by atoms with Crippen LogP contribution < -0.4 is 5.73 Å². The maximum absolute atomic E-state index is 13.0. The third kappa shape index (κ3) is 4.27. The van der Waals surface area contributed by atoms with Gasteiger partial charge in [-0.15, -0.1) is 12.4 Å². The van der Waals surface area contributed by atoms with Crippen molar-refractivity contribution < 1.29 is 13.2 Å². The van der Waals surface area contributed by atoms with Crippen LogP contribution in [-0.4, -0.2) is 39.5 Å². The van der Waals surface area contributed by atoms with Crippen LogP contribution in [0.25, 0.3) is 0 Å². The Kier molecular flexibility index (Phi) is 7.20. The first-order valence-electron chi connectivity index (χ1n) is 8.39. The van der Waals surface area contributed by atoms with Crippen molar-refractivity contribution in [1.29, 1.82) is 0 Å². The van der Waals surface area contributed by atoms with Crippen LogP contribution in [0.15, 0.2) is 59.5 Å². The highest BCUT2D eigenvalue weighted by atomic mass is 35.5. The van der Waals surface area contributed by atoms with E-state index in [1.54, 1.807) is 35.7 Å². The monoisotopic (exact) mass is 396 g/mol. The minimum absolute atomic E-state index is 0. The average molecular weight is 397 g/mol. The molecule has 0 amide bonds. The van der Waals surface area contributed by atoms with E-state index in [9.17, 15) is 8.42 Å². The number of methoxy groups -OCH3 is 1. The van der Waals surface area contributed by atoms with E-state index in [1.165, 1.54) is 0 Å². The molecule has 3 rings (SSSR count). The largest absolute Gasteiger partial charge is 0.380 e. The van der Waals surface area contributed by atoms with E-state index in [4.69, 9.17) is 10.5 Å². The van der Waals surface area contributed by atoms with Crippen molar-refractivity contribution in [3.05, 3.63) is 65.7 Å². The number of benzene rings is 2. The van der Waals surface area contributed by atoms with Gasteiger partial charge >= 0.3 is 0 Å². The van der Waals surface area contributed by atoms with Gasteiger partial charge in [0, 0.05) is 26.1 Å². The molecular weight excluding hydrogens is 372 g/mol. The number of hydrogen-bond donors (Lipinski definition) is 1. The molecule has 2 aromatic rings. The third-order valence-corrected chi connectivity index (χ3v) is 6.66. The fourth-order valence-corrected chi connectivity index (χ4v) is 4.94. The normalized spacial score (nSPS) is 20.7. The number of ether oxygens (including phenoxy) is 1. The molecule has 2 atom stereocenters. The molecular formula is C19H25ClN2O3S. The van der Waals surface area contributed by atoms with Gasteiger partial charge in [-0.25, -0.2) is 8.42 Å². The van der Waals surface area contributed by atoms with Gasteiger partial charge in [0.05, 0.1) is 11.5 Å². The highest BCUT2D eigenvalue weighted by molar-refractivity contribution is 7.89. The summed E-state index contributed by atoms with van der Waals surface area (Å²) in [5.74, 6) is 0.263. The number of sulfonamides is 1. The Morgan fingerprint density at radius 1 is 1.08 bits per heavy atom. The molecule has 1 saturated heterocycles. The van der Waals surface area contributed by atoms with E-state index in [0.29, 0.717) is 31.1 Å². The Bertz CT molecular complexity index is 797. The summed E-state index contributed by atoms with van der Waals surface area (Å²) in [6.07, 6.45) is 0. The van der Waals surface area contributed by atoms with E-state index in [2.05, 4.69) is 0 Å². The van der Waals surface area contributed by atoms with E-state index < -0.39 is 10.0 Å². The third-order valence-electron chi connectivity index (χ3n) is 4.81. The number of nitrogens with two attached hydrogens (primary N) is 1. The lowest BCUT2D eigenvalue weighted by atomic mass is 9.89. The zero-order valence-corrected chi connectivity index (χ0v) is 16.4. The van der Waals surface area contributed by atoms with Gasteiger partial charge in [0.15, 0.2) is 0 Å². The van der Waals surface area contributed by atoms with Crippen molar-refractivity contribution in [3.8, 4) is 0 Å². The summed E-state index contributed by atoms with van der Waals surface area (Å²) in [5, 5.41) is 0. The van der Waals surface area contributed by atoms with Gasteiger partial charge in [-0.05, 0) is 35.7 Å². The average Bonchev–Trinajstić information content (AvgIpc) is 3.08. The molecule has 0 bridgehead atoms. The second-order valence-electron chi connectivity index (χ2n) is 6.41. The summed E-state index contributed by atoms with van der Waals surface area (Å²) in [7, 11) is -1.90. The van der Waals surface area contributed by atoms with E-state index in [1.807, 2.05) is 30.3 Å². The fraction of sp³-hybridized carbons (Fsp3) is 0.368. The maximum Gasteiger partial charge on any atom is 0.243 e. The minimum Gasteiger partial charge on any atom is -0.380 e. The number of hydrogen-bond acceptors (Lipinski definition) is 4. The first-order valence-corrected chi connectivity index (χ1v) is 9.83. The quantitative estimate of drug-likeness (QED) is 0.814. The maximum atomic E-state index is 13.0. The standard InChI is InChI=1S/C19H24N2O3S.ClH/c1-24-14-15-7-9-18(10-8-15)25(22,23)21-12-17(11-20)19(13-21)16-5-3-2-4-6-16;/h2-10,17,19H,11-14,20H2,1H3;1H/t17-,19+;/m1./s1. The molecule has 26 heavy (non-hydrogen) atoms. The first kappa shape index (κ1) is 20.9. The fourth-order valence-electron chi connectivity index (χ4n) is 3.42. The van der Waals surface area contributed by atoms with Gasteiger partial charge in [-0.2, -0.15) is 4.31 Å². The molecule has 1 fully saturated rings. The van der Waals surface area contributed by atoms with Gasteiger partial charge in [0.1, 0.15) is 0 Å². The predicted molar refractivity (Wildman–Crippen MR) is 105 cm³/mol. The van der Waals surface area contributed by atoms with Crippen molar-refractivity contribution in [2.24, 2.45) is 11.7 Å². The topological polar surface area (TPSA) is 72.6 Å². The van der Waals surface area contributed by atoms with Crippen LogP contribution in [0.5, 0.6) is 0 Å². The van der Waals surface area contributed by atoms with Gasteiger partial charge in [-0.1, -0.05) is 42.5 Å². The van der Waals surface area contributed by atoms with Crippen molar-refractivity contribution in [2.75, 3.05) is 26.7 Å². The number of rotatable bonds is 6. The van der Waals surface area contributed by atoms with Crippen LogP contribution in [0.4, 0.5) is 0 Å². The van der Waals surface area contributed by atoms with E-state index in [-0.39, 0.29) is 24.2 Å². The summed E-state index contributed by atoms with van der Waals surface area (Å²) in [6, 6.07) is 16.9. The molecule has 0 aliphatic carbocycles. The molecule has 142 valence electrons. The summed E-state index contributed by atoms with van der Waals surface area (Å²) >= 11 is 0. The molecule has 1 heterocycles. The molecule has 7 heteroatoms. The van der Waals surface area contributed by atoms with Crippen LogP contribution in [0.1, 0.15) is 17.0 Å². The lowest BCUT2D eigenvalue weighted by Crippen LogP contribution is -2.30. The zero-order chi connectivity index (χ0) is 17.9. The lowest BCUT2D eigenvalue weighted by Gasteiger charge is -2.17. The molecule has 0 unspecified atom stereocenters. The van der Waals surface area contributed by atoms with Gasteiger partial charge in [0.25, 0.3) is 0 Å². The summed E-state index contributed by atoms with van der Waals surface area (Å²) < 4.78 is 32.6. The van der Waals surface area contributed by atoms with Crippen molar-refractivity contribution >= 4 is 22.4 Å². The van der Waals surface area contributed by atoms with Crippen LogP contribution in [0.3, 0.4) is 0 Å². The Morgan fingerprint density at radius 3 is 2.31 bits per heavy atom. The molecule has 0 saturated carbocycles. The Labute approximate surface area is 161 Å². The highest BCUT2D eigenvalue weighted by Gasteiger charge is 2.39. The van der Waals surface area contributed by atoms with Gasteiger partial charge < -0.3 is 10.5 Å². The lowest BCUT2D eigenvalue weighted by molar-refractivity contribution is 0.185. The molecule has 0 radical (unpaired) electrons. The summed E-state index contributed by atoms with van der Waals surface area (Å²) in [5.41, 5.74) is 8.02. The van der Waals surface area contributed by atoms with Crippen molar-refractivity contribution in [1.82, 2.24) is 4.31 Å². The van der Waals surface area contributed by atoms with Crippen LogP contribution in [0.2, 0.25) is 0 Å². The molecule has 2 aromatic carbocycles. The van der Waals surface area contributed by atoms with E-state index in [0.717, 1.165) is 11.1 Å². The number of halogens is 1. The zero-order valence-electron chi connectivity index (χ0n) is 14.7. The molecule has 2 N–H and O–H groups in total. The smallest absolute Gasteiger partial charge is 0.243 e. The van der Waals surface area contributed by atoms with Crippen molar-refractivity contribution in [3.63, 3.8) is 0 Å².